The van der Waals surface area contributed by atoms with Crippen LogP contribution in [0.15, 0.2) is 54.6 Å². The quantitative estimate of drug-likeness (QED) is 0.384. The zero-order valence-corrected chi connectivity index (χ0v) is 17.5. The standard InChI is InChI=1S/C24H24N2O6/c27-21(16-5-2-1-3-6-16)15-32-24(30)17-8-10-18(11-9-17)26-22(28)13-20(23(26)29)25-14-19-7-4-12-31-19/h1-3,5-6,8-11,19-20,25H,4,7,12-15H2. The van der Waals surface area contributed by atoms with Gasteiger partial charge in [-0.2, -0.15) is 0 Å². The van der Waals surface area contributed by atoms with Crippen LogP contribution < -0.4 is 10.2 Å². The summed E-state index contributed by atoms with van der Waals surface area (Å²) in [7, 11) is 0. The zero-order valence-electron chi connectivity index (χ0n) is 17.5. The molecule has 166 valence electrons. The van der Waals surface area contributed by atoms with Gasteiger partial charge < -0.3 is 14.8 Å². The molecule has 0 spiro atoms. The molecule has 2 aromatic rings. The normalized spacial score (nSPS) is 20.6. The maximum Gasteiger partial charge on any atom is 0.338 e. The molecule has 0 aromatic heterocycles. The number of ketones is 1. The Morgan fingerprint density at radius 3 is 2.47 bits per heavy atom. The predicted octanol–water partition coefficient (Wildman–Crippen LogP) is 2.13. The van der Waals surface area contributed by atoms with E-state index in [0.717, 1.165) is 24.3 Å². The van der Waals surface area contributed by atoms with E-state index in [-0.39, 0.29) is 42.3 Å². The largest absolute Gasteiger partial charge is 0.454 e. The Kier molecular flexibility index (Phi) is 6.72. The van der Waals surface area contributed by atoms with Crippen molar-refractivity contribution < 1.29 is 28.7 Å². The van der Waals surface area contributed by atoms with Gasteiger partial charge >= 0.3 is 5.97 Å². The Morgan fingerprint density at radius 1 is 1.03 bits per heavy atom. The summed E-state index contributed by atoms with van der Waals surface area (Å²) in [5, 5.41) is 3.13. The first-order valence-electron chi connectivity index (χ1n) is 10.6. The van der Waals surface area contributed by atoms with Gasteiger partial charge in [-0.1, -0.05) is 30.3 Å². The maximum atomic E-state index is 12.7. The molecule has 2 aliphatic heterocycles. The summed E-state index contributed by atoms with van der Waals surface area (Å²) in [6.07, 6.45) is 2.11. The summed E-state index contributed by atoms with van der Waals surface area (Å²) in [6, 6.07) is 14.0. The minimum atomic E-state index is -0.656. The summed E-state index contributed by atoms with van der Waals surface area (Å²) < 4.78 is 10.6. The van der Waals surface area contributed by atoms with E-state index in [1.807, 2.05) is 0 Å². The fraction of sp³-hybridized carbons (Fsp3) is 0.333. The van der Waals surface area contributed by atoms with E-state index in [1.165, 1.54) is 24.3 Å². The van der Waals surface area contributed by atoms with Crippen molar-refractivity contribution in [2.24, 2.45) is 0 Å². The van der Waals surface area contributed by atoms with Crippen molar-refractivity contribution in [3.05, 3.63) is 65.7 Å². The van der Waals surface area contributed by atoms with Gasteiger partial charge in [0.2, 0.25) is 5.91 Å². The van der Waals surface area contributed by atoms with Gasteiger partial charge in [0, 0.05) is 18.7 Å². The number of amides is 2. The molecule has 2 aliphatic rings. The highest BCUT2D eigenvalue weighted by Crippen LogP contribution is 2.24. The number of hydrogen-bond donors (Lipinski definition) is 1. The van der Waals surface area contributed by atoms with E-state index < -0.39 is 12.0 Å². The number of rotatable bonds is 8. The number of esters is 1. The first-order valence-corrected chi connectivity index (χ1v) is 10.6. The second-order valence-electron chi connectivity index (χ2n) is 7.78. The molecule has 2 fully saturated rings. The summed E-state index contributed by atoms with van der Waals surface area (Å²) in [5.41, 5.74) is 1.07. The van der Waals surface area contributed by atoms with E-state index in [0.29, 0.717) is 17.8 Å². The van der Waals surface area contributed by atoms with Gasteiger partial charge in [0.15, 0.2) is 12.4 Å². The number of nitrogens with zero attached hydrogens (tertiary/aromatic N) is 1. The van der Waals surface area contributed by atoms with Crippen LogP contribution in [-0.2, 0) is 19.1 Å². The second-order valence-corrected chi connectivity index (χ2v) is 7.78. The molecule has 2 saturated heterocycles. The number of hydrogen-bond acceptors (Lipinski definition) is 7. The lowest BCUT2D eigenvalue weighted by Crippen LogP contribution is -2.41. The number of benzene rings is 2. The van der Waals surface area contributed by atoms with E-state index in [2.05, 4.69) is 5.32 Å². The Morgan fingerprint density at radius 2 is 1.78 bits per heavy atom. The number of anilines is 1. The molecule has 2 amide bonds. The van der Waals surface area contributed by atoms with Crippen molar-refractivity contribution in [2.45, 2.75) is 31.4 Å². The highest BCUT2D eigenvalue weighted by Gasteiger charge is 2.39. The average Bonchev–Trinajstić information content (AvgIpc) is 3.44. The Bertz CT molecular complexity index is 999. The molecular weight excluding hydrogens is 412 g/mol. The third-order valence-corrected chi connectivity index (χ3v) is 5.55. The summed E-state index contributed by atoms with van der Waals surface area (Å²) in [6.45, 7) is 0.890. The molecule has 0 aliphatic carbocycles. The minimum Gasteiger partial charge on any atom is -0.454 e. The van der Waals surface area contributed by atoms with E-state index in [9.17, 15) is 19.2 Å². The van der Waals surface area contributed by atoms with E-state index in [1.54, 1.807) is 30.3 Å². The van der Waals surface area contributed by atoms with E-state index >= 15 is 0 Å². The SMILES string of the molecule is O=C(COC(=O)c1ccc(N2C(=O)CC(NCC3CCCO3)C2=O)cc1)c1ccccc1. The van der Waals surface area contributed by atoms with Crippen molar-refractivity contribution >= 4 is 29.3 Å². The number of nitrogens with one attached hydrogen (secondary N) is 1. The van der Waals surface area contributed by atoms with Crippen molar-refractivity contribution in [3.8, 4) is 0 Å². The summed E-state index contributed by atoms with van der Waals surface area (Å²) in [4.78, 5) is 50.6. The Balaban J connectivity index is 1.33. The van der Waals surface area contributed by atoms with Gasteiger partial charge in [-0.15, -0.1) is 0 Å². The number of imide groups is 1. The molecular formula is C24H24N2O6. The minimum absolute atomic E-state index is 0.0750. The monoisotopic (exact) mass is 436 g/mol. The van der Waals surface area contributed by atoms with Crippen LogP contribution in [0.1, 0.15) is 40.0 Å². The Hall–Kier alpha value is -3.36. The highest BCUT2D eigenvalue weighted by molar-refractivity contribution is 6.22. The zero-order chi connectivity index (χ0) is 22.5. The third kappa shape index (κ3) is 4.92. The number of Topliss-reactive ketones (excluding diaryl/α,β-unsaturated/α-hetero) is 1. The molecule has 8 nitrogen and oxygen atoms in total. The van der Waals surface area contributed by atoms with Crippen molar-refractivity contribution in [2.75, 3.05) is 24.7 Å². The van der Waals surface area contributed by atoms with Crippen LogP contribution in [0.25, 0.3) is 0 Å². The molecule has 4 rings (SSSR count). The molecule has 0 saturated carbocycles. The second kappa shape index (κ2) is 9.84. The van der Waals surface area contributed by atoms with Crippen LogP contribution >= 0.6 is 0 Å². The van der Waals surface area contributed by atoms with Gasteiger partial charge in [-0.25, -0.2) is 9.69 Å². The maximum absolute atomic E-state index is 12.7. The molecule has 32 heavy (non-hydrogen) atoms. The van der Waals surface area contributed by atoms with Crippen LogP contribution in [0, 0.1) is 0 Å². The molecule has 8 heteroatoms. The first-order chi connectivity index (χ1) is 15.5. The van der Waals surface area contributed by atoms with Gasteiger partial charge in [0.25, 0.3) is 5.91 Å². The summed E-state index contributed by atoms with van der Waals surface area (Å²) in [5.74, 6) is -1.58. The van der Waals surface area contributed by atoms with E-state index in [4.69, 9.17) is 9.47 Å². The van der Waals surface area contributed by atoms with Crippen molar-refractivity contribution in [1.29, 1.82) is 0 Å². The third-order valence-electron chi connectivity index (χ3n) is 5.55. The predicted molar refractivity (Wildman–Crippen MR) is 115 cm³/mol. The molecule has 1 N–H and O–H groups in total. The van der Waals surface area contributed by atoms with Crippen LogP contribution in [0.5, 0.6) is 0 Å². The Labute approximate surface area is 185 Å². The summed E-state index contributed by atoms with van der Waals surface area (Å²) >= 11 is 0. The fourth-order valence-electron chi connectivity index (χ4n) is 3.81. The first kappa shape index (κ1) is 21.9. The van der Waals surface area contributed by atoms with Gasteiger partial charge in [-0.3, -0.25) is 14.4 Å². The highest BCUT2D eigenvalue weighted by atomic mass is 16.5. The lowest BCUT2D eigenvalue weighted by Gasteiger charge is -2.17. The van der Waals surface area contributed by atoms with Crippen molar-refractivity contribution in [1.82, 2.24) is 5.32 Å². The molecule has 2 unspecified atom stereocenters. The lowest BCUT2D eigenvalue weighted by atomic mass is 10.1. The van der Waals surface area contributed by atoms with Gasteiger partial charge in [0.05, 0.1) is 29.8 Å². The van der Waals surface area contributed by atoms with Gasteiger partial charge in [0.1, 0.15) is 0 Å². The topological polar surface area (TPSA) is 102 Å². The molecule has 2 aromatic carbocycles. The van der Waals surface area contributed by atoms with Crippen LogP contribution in [-0.4, -0.2) is 55.5 Å². The molecule has 2 heterocycles. The van der Waals surface area contributed by atoms with Crippen LogP contribution in [0.3, 0.4) is 0 Å². The average molecular weight is 436 g/mol. The van der Waals surface area contributed by atoms with Crippen LogP contribution in [0.2, 0.25) is 0 Å². The number of carbonyl (C=O) groups excluding carboxylic acids is 4. The lowest BCUT2D eigenvalue weighted by molar-refractivity contribution is -0.121. The molecule has 0 radical (unpaired) electrons. The van der Waals surface area contributed by atoms with Crippen LogP contribution in [0.4, 0.5) is 5.69 Å². The van der Waals surface area contributed by atoms with Crippen molar-refractivity contribution in [3.63, 3.8) is 0 Å². The number of ether oxygens (including phenoxy) is 2. The fourth-order valence-corrected chi connectivity index (χ4v) is 3.81. The number of carbonyl (C=O) groups is 4. The molecule has 0 bridgehead atoms. The smallest absolute Gasteiger partial charge is 0.338 e. The molecule has 2 atom stereocenters. The van der Waals surface area contributed by atoms with Gasteiger partial charge in [-0.05, 0) is 37.1 Å².